The van der Waals surface area contributed by atoms with Crippen LogP contribution in [-0.2, 0) is 0 Å². The first-order valence-corrected chi connectivity index (χ1v) is 5.07. The van der Waals surface area contributed by atoms with Crippen LogP contribution in [0.4, 0.5) is 15.9 Å². The zero-order valence-corrected chi connectivity index (χ0v) is 9.26. The van der Waals surface area contributed by atoms with Crippen LogP contribution in [0.2, 0.25) is 0 Å². The van der Waals surface area contributed by atoms with Gasteiger partial charge < -0.3 is 4.90 Å². The molecule has 0 radical (unpaired) electrons. The lowest BCUT2D eigenvalue weighted by Gasteiger charge is -2.18. The van der Waals surface area contributed by atoms with Crippen LogP contribution < -0.4 is 4.90 Å². The van der Waals surface area contributed by atoms with Crippen molar-refractivity contribution in [2.24, 2.45) is 0 Å². The molecule has 0 aliphatic heterocycles. The van der Waals surface area contributed by atoms with E-state index in [0.717, 1.165) is 5.69 Å². The number of anilines is 2. The maximum atomic E-state index is 13.5. The van der Waals surface area contributed by atoms with Gasteiger partial charge in [0.25, 0.3) is 0 Å². The van der Waals surface area contributed by atoms with Crippen LogP contribution in [0.1, 0.15) is 5.56 Å². The molecule has 0 N–H and O–H groups in total. The molecule has 4 heteroatoms. The molecule has 2 rings (SSSR count). The number of aromatic nitrogens is 1. The van der Waals surface area contributed by atoms with Crippen LogP contribution in [-0.4, -0.2) is 12.0 Å². The van der Waals surface area contributed by atoms with Gasteiger partial charge in [0.15, 0.2) is 11.6 Å². The van der Waals surface area contributed by atoms with E-state index in [4.69, 9.17) is 5.26 Å². The Balaban J connectivity index is 2.41. The quantitative estimate of drug-likeness (QED) is 0.792. The lowest BCUT2D eigenvalue weighted by molar-refractivity contribution is 0.621. The molecule has 17 heavy (non-hydrogen) atoms. The highest BCUT2D eigenvalue weighted by Gasteiger charge is 2.10. The predicted molar refractivity (Wildman–Crippen MR) is 63.4 cm³/mol. The van der Waals surface area contributed by atoms with E-state index in [0.29, 0.717) is 5.56 Å². The fraction of sp³-hybridized carbons (Fsp3) is 0.0769. The van der Waals surface area contributed by atoms with Gasteiger partial charge in [0.1, 0.15) is 0 Å². The van der Waals surface area contributed by atoms with E-state index in [1.54, 1.807) is 42.3 Å². The van der Waals surface area contributed by atoms with Gasteiger partial charge in [0.05, 0.1) is 11.6 Å². The molecule has 1 heterocycles. The molecule has 0 fully saturated rings. The standard InChI is InChI=1S/C13H10FN3/c1-17(13-12(14)6-3-7-16-13)11-5-2-4-10(8-11)9-15/h2-8H,1H3. The molecule has 2 aromatic rings. The number of nitriles is 1. The Morgan fingerprint density at radius 1 is 1.29 bits per heavy atom. The average molecular weight is 227 g/mol. The molecule has 0 unspecified atom stereocenters. The normalized spacial score (nSPS) is 9.71. The third-order valence-electron chi connectivity index (χ3n) is 2.42. The van der Waals surface area contributed by atoms with Gasteiger partial charge in [0.2, 0.25) is 0 Å². The number of nitrogens with zero attached hydrogens (tertiary/aromatic N) is 3. The molecule has 0 saturated carbocycles. The number of rotatable bonds is 2. The second kappa shape index (κ2) is 4.62. The molecule has 1 aromatic heterocycles. The van der Waals surface area contributed by atoms with Gasteiger partial charge in [-0.05, 0) is 30.3 Å². The maximum Gasteiger partial charge on any atom is 0.169 e. The lowest BCUT2D eigenvalue weighted by Crippen LogP contribution is -2.12. The van der Waals surface area contributed by atoms with Crippen molar-refractivity contribution >= 4 is 11.5 Å². The Hall–Kier alpha value is -2.41. The summed E-state index contributed by atoms with van der Waals surface area (Å²) in [6.07, 6.45) is 1.53. The first-order valence-electron chi connectivity index (χ1n) is 5.07. The molecular weight excluding hydrogens is 217 g/mol. The van der Waals surface area contributed by atoms with Crippen LogP contribution in [0.3, 0.4) is 0 Å². The van der Waals surface area contributed by atoms with Crippen LogP contribution >= 0.6 is 0 Å². The van der Waals surface area contributed by atoms with Gasteiger partial charge >= 0.3 is 0 Å². The molecular formula is C13H10FN3. The van der Waals surface area contributed by atoms with E-state index >= 15 is 0 Å². The van der Waals surface area contributed by atoms with E-state index in [2.05, 4.69) is 4.98 Å². The van der Waals surface area contributed by atoms with E-state index in [1.807, 2.05) is 6.07 Å². The zero-order chi connectivity index (χ0) is 12.3. The molecule has 0 aliphatic rings. The van der Waals surface area contributed by atoms with E-state index in [1.165, 1.54) is 12.3 Å². The molecule has 0 amide bonds. The topological polar surface area (TPSA) is 39.9 Å². The highest BCUT2D eigenvalue weighted by molar-refractivity contribution is 5.61. The van der Waals surface area contributed by atoms with Crippen molar-refractivity contribution in [3.63, 3.8) is 0 Å². The van der Waals surface area contributed by atoms with Crippen LogP contribution in [0.5, 0.6) is 0 Å². The monoisotopic (exact) mass is 227 g/mol. The maximum absolute atomic E-state index is 13.5. The SMILES string of the molecule is CN(c1cccc(C#N)c1)c1ncccc1F. The summed E-state index contributed by atoms with van der Waals surface area (Å²) in [6.45, 7) is 0. The van der Waals surface area contributed by atoms with Gasteiger partial charge in [0, 0.05) is 18.9 Å². The second-order valence-corrected chi connectivity index (χ2v) is 3.53. The van der Waals surface area contributed by atoms with E-state index in [9.17, 15) is 4.39 Å². The Morgan fingerprint density at radius 2 is 2.12 bits per heavy atom. The van der Waals surface area contributed by atoms with Crippen molar-refractivity contribution in [2.45, 2.75) is 0 Å². The lowest BCUT2D eigenvalue weighted by atomic mass is 10.2. The Bertz CT molecular complexity index is 575. The second-order valence-electron chi connectivity index (χ2n) is 3.53. The summed E-state index contributed by atoms with van der Waals surface area (Å²) in [6, 6.07) is 11.9. The highest BCUT2D eigenvalue weighted by Crippen LogP contribution is 2.24. The van der Waals surface area contributed by atoms with Crippen LogP contribution in [0.25, 0.3) is 0 Å². The molecule has 0 saturated heterocycles. The minimum Gasteiger partial charge on any atom is -0.327 e. The number of hydrogen-bond acceptors (Lipinski definition) is 3. The highest BCUT2D eigenvalue weighted by atomic mass is 19.1. The molecule has 0 atom stereocenters. The molecule has 0 bridgehead atoms. The smallest absolute Gasteiger partial charge is 0.169 e. The van der Waals surface area contributed by atoms with E-state index in [-0.39, 0.29) is 5.82 Å². The number of halogens is 1. The first kappa shape index (κ1) is 11.1. The van der Waals surface area contributed by atoms with Gasteiger partial charge in [-0.15, -0.1) is 0 Å². The van der Waals surface area contributed by atoms with Crippen molar-refractivity contribution in [3.05, 3.63) is 54.0 Å². The summed E-state index contributed by atoms with van der Waals surface area (Å²) >= 11 is 0. The van der Waals surface area contributed by atoms with Crippen molar-refractivity contribution in [1.82, 2.24) is 4.98 Å². The first-order chi connectivity index (χ1) is 8.22. The molecule has 0 spiro atoms. The van der Waals surface area contributed by atoms with Gasteiger partial charge in [-0.25, -0.2) is 9.37 Å². The number of benzene rings is 1. The van der Waals surface area contributed by atoms with Crippen molar-refractivity contribution in [1.29, 1.82) is 5.26 Å². The van der Waals surface area contributed by atoms with Gasteiger partial charge in [-0.2, -0.15) is 5.26 Å². The Kier molecular flexibility index (Phi) is 3.01. The minimum atomic E-state index is -0.391. The number of pyridine rings is 1. The van der Waals surface area contributed by atoms with Crippen LogP contribution in [0, 0.1) is 17.1 Å². The summed E-state index contributed by atoms with van der Waals surface area (Å²) in [5, 5.41) is 8.81. The molecule has 84 valence electrons. The fourth-order valence-electron chi connectivity index (χ4n) is 1.53. The Labute approximate surface area is 98.8 Å². The van der Waals surface area contributed by atoms with Crippen molar-refractivity contribution in [2.75, 3.05) is 11.9 Å². The third kappa shape index (κ3) is 2.23. The third-order valence-corrected chi connectivity index (χ3v) is 2.42. The molecule has 3 nitrogen and oxygen atoms in total. The van der Waals surface area contributed by atoms with Crippen molar-refractivity contribution < 1.29 is 4.39 Å². The summed E-state index contributed by atoms with van der Waals surface area (Å²) < 4.78 is 13.5. The largest absolute Gasteiger partial charge is 0.327 e. The summed E-state index contributed by atoms with van der Waals surface area (Å²) in [7, 11) is 1.71. The molecule has 1 aromatic carbocycles. The average Bonchev–Trinajstić information content (AvgIpc) is 2.38. The van der Waals surface area contributed by atoms with Gasteiger partial charge in [-0.3, -0.25) is 0 Å². The van der Waals surface area contributed by atoms with Crippen molar-refractivity contribution in [3.8, 4) is 6.07 Å². The van der Waals surface area contributed by atoms with Gasteiger partial charge in [-0.1, -0.05) is 6.07 Å². The zero-order valence-electron chi connectivity index (χ0n) is 9.26. The van der Waals surface area contributed by atoms with Crippen LogP contribution in [0.15, 0.2) is 42.6 Å². The summed E-state index contributed by atoms with van der Waals surface area (Å²) in [4.78, 5) is 5.59. The fourth-order valence-corrected chi connectivity index (χ4v) is 1.53. The summed E-state index contributed by atoms with van der Waals surface area (Å²) in [5.41, 5.74) is 1.26. The number of hydrogen-bond donors (Lipinski definition) is 0. The van der Waals surface area contributed by atoms with E-state index < -0.39 is 5.82 Å². The molecule has 0 aliphatic carbocycles. The summed E-state index contributed by atoms with van der Waals surface area (Å²) in [5.74, 6) is -0.153. The minimum absolute atomic E-state index is 0.239. The Morgan fingerprint density at radius 3 is 2.82 bits per heavy atom. The predicted octanol–water partition coefficient (Wildman–Crippen LogP) is 2.86.